The first-order valence-corrected chi connectivity index (χ1v) is 10.1. The highest BCUT2D eigenvalue weighted by Crippen LogP contribution is 2.29. The van der Waals surface area contributed by atoms with E-state index in [0.717, 1.165) is 18.6 Å². The topological polar surface area (TPSA) is 88.8 Å². The summed E-state index contributed by atoms with van der Waals surface area (Å²) in [6.45, 7) is 4.54. The molecule has 4 rings (SSSR count). The number of carbonyl (C=O) groups is 2. The SMILES string of the molecule is Cc1noc(C2CN(C(=O)C3CCCN(C(=O)CCOc4ccccc4)C3)C2)n1. The Labute approximate surface area is 169 Å². The van der Waals surface area contributed by atoms with Gasteiger partial charge >= 0.3 is 0 Å². The van der Waals surface area contributed by atoms with Gasteiger partial charge in [0.15, 0.2) is 5.82 Å². The molecule has 29 heavy (non-hydrogen) atoms. The van der Waals surface area contributed by atoms with E-state index in [9.17, 15) is 9.59 Å². The van der Waals surface area contributed by atoms with Gasteiger partial charge in [-0.05, 0) is 31.9 Å². The number of para-hydroxylation sites is 1. The maximum Gasteiger partial charge on any atom is 0.233 e. The van der Waals surface area contributed by atoms with Crippen molar-refractivity contribution in [3.63, 3.8) is 0 Å². The average Bonchev–Trinajstić information content (AvgIpc) is 3.13. The summed E-state index contributed by atoms with van der Waals surface area (Å²) in [5, 5.41) is 3.81. The number of ether oxygens (including phenoxy) is 1. The number of benzene rings is 1. The van der Waals surface area contributed by atoms with E-state index in [4.69, 9.17) is 9.26 Å². The Balaban J connectivity index is 1.22. The van der Waals surface area contributed by atoms with E-state index in [-0.39, 0.29) is 23.7 Å². The van der Waals surface area contributed by atoms with Crippen molar-refractivity contribution in [2.45, 2.75) is 32.1 Å². The lowest BCUT2D eigenvalue weighted by atomic mass is 9.92. The minimum atomic E-state index is -0.131. The molecular weight excluding hydrogens is 372 g/mol. The highest BCUT2D eigenvalue weighted by Gasteiger charge is 2.39. The third-order valence-corrected chi connectivity index (χ3v) is 5.54. The zero-order chi connectivity index (χ0) is 20.2. The molecule has 1 unspecified atom stereocenters. The summed E-state index contributed by atoms with van der Waals surface area (Å²) in [5.74, 6) is 2.13. The molecule has 2 aromatic rings. The van der Waals surface area contributed by atoms with Crippen molar-refractivity contribution in [2.24, 2.45) is 5.92 Å². The van der Waals surface area contributed by atoms with Crippen molar-refractivity contribution in [1.29, 1.82) is 0 Å². The summed E-state index contributed by atoms with van der Waals surface area (Å²) in [7, 11) is 0. The van der Waals surface area contributed by atoms with Crippen LogP contribution >= 0.6 is 0 Å². The van der Waals surface area contributed by atoms with E-state index in [0.29, 0.717) is 50.9 Å². The molecule has 2 saturated heterocycles. The van der Waals surface area contributed by atoms with Crippen LogP contribution in [0, 0.1) is 12.8 Å². The maximum absolute atomic E-state index is 12.8. The molecule has 0 saturated carbocycles. The second kappa shape index (κ2) is 8.63. The Morgan fingerprint density at radius 1 is 1.17 bits per heavy atom. The molecule has 1 aromatic carbocycles. The Morgan fingerprint density at radius 2 is 1.97 bits per heavy atom. The molecule has 2 fully saturated rings. The molecule has 2 aliphatic heterocycles. The molecule has 0 aliphatic carbocycles. The van der Waals surface area contributed by atoms with Crippen molar-refractivity contribution < 1.29 is 18.8 Å². The molecule has 2 aliphatic rings. The first-order chi connectivity index (χ1) is 14.1. The molecule has 0 N–H and O–H groups in total. The van der Waals surface area contributed by atoms with Crippen molar-refractivity contribution in [2.75, 3.05) is 32.8 Å². The lowest BCUT2D eigenvalue weighted by Crippen LogP contribution is -2.54. The number of hydrogen-bond acceptors (Lipinski definition) is 6. The van der Waals surface area contributed by atoms with Gasteiger partial charge in [0, 0.05) is 26.2 Å². The molecule has 0 spiro atoms. The number of carbonyl (C=O) groups excluding carboxylic acids is 2. The first kappa shape index (κ1) is 19.4. The Kier molecular flexibility index (Phi) is 5.78. The first-order valence-electron chi connectivity index (χ1n) is 10.1. The number of nitrogens with zero attached hydrogens (tertiary/aromatic N) is 4. The molecule has 0 radical (unpaired) electrons. The number of piperidine rings is 1. The van der Waals surface area contributed by atoms with Crippen molar-refractivity contribution in [3.8, 4) is 5.75 Å². The monoisotopic (exact) mass is 398 g/mol. The van der Waals surface area contributed by atoms with E-state index in [1.165, 1.54) is 0 Å². The summed E-state index contributed by atoms with van der Waals surface area (Å²) in [6.07, 6.45) is 1.99. The fourth-order valence-electron chi connectivity index (χ4n) is 3.89. The predicted octanol–water partition coefficient (Wildman–Crippen LogP) is 2.01. The second-order valence-electron chi connectivity index (χ2n) is 7.71. The van der Waals surface area contributed by atoms with Crippen LogP contribution in [-0.2, 0) is 9.59 Å². The van der Waals surface area contributed by atoms with Crippen LogP contribution < -0.4 is 4.74 Å². The molecule has 1 atom stereocenters. The molecule has 8 heteroatoms. The fourth-order valence-corrected chi connectivity index (χ4v) is 3.89. The van der Waals surface area contributed by atoms with E-state index in [2.05, 4.69) is 10.1 Å². The third kappa shape index (κ3) is 4.58. The van der Waals surface area contributed by atoms with Crippen LogP contribution in [0.4, 0.5) is 0 Å². The fraction of sp³-hybridized carbons (Fsp3) is 0.524. The Hall–Kier alpha value is -2.90. The van der Waals surface area contributed by atoms with Gasteiger partial charge in [-0.1, -0.05) is 23.4 Å². The van der Waals surface area contributed by atoms with Crippen molar-refractivity contribution in [1.82, 2.24) is 19.9 Å². The normalized spacial score (nSPS) is 19.7. The number of likely N-dealkylation sites (tertiary alicyclic amines) is 2. The largest absolute Gasteiger partial charge is 0.493 e. The number of rotatable bonds is 6. The molecule has 2 amide bonds. The minimum Gasteiger partial charge on any atom is -0.493 e. The quantitative estimate of drug-likeness (QED) is 0.740. The zero-order valence-corrected chi connectivity index (χ0v) is 16.6. The average molecular weight is 398 g/mol. The van der Waals surface area contributed by atoms with Gasteiger partial charge in [-0.3, -0.25) is 9.59 Å². The molecular formula is C21H26N4O4. The van der Waals surface area contributed by atoms with Crippen molar-refractivity contribution in [3.05, 3.63) is 42.0 Å². The van der Waals surface area contributed by atoms with Crippen molar-refractivity contribution >= 4 is 11.8 Å². The van der Waals surface area contributed by atoms with E-state index < -0.39 is 0 Å². The van der Waals surface area contributed by atoms with Crippen LogP contribution in [0.15, 0.2) is 34.9 Å². The zero-order valence-electron chi connectivity index (χ0n) is 16.6. The molecule has 8 nitrogen and oxygen atoms in total. The predicted molar refractivity (Wildman–Crippen MR) is 104 cm³/mol. The highest BCUT2D eigenvalue weighted by atomic mass is 16.5. The highest BCUT2D eigenvalue weighted by molar-refractivity contribution is 5.82. The van der Waals surface area contributed by atoms with Gasteiger partial charge in [0.2, 0.25) is 17.7 Å². The van der Waals surface area contributed by atoms with Gasteiger partial charge in [-0.15, -0.1) is 0 Å². The number of aryl methyl sites for hydroxylation is 1. The van der Waals surface area contributed by atoms with Gasteiger partial charge < -0.3 is 19.1 Å². The summed E-state index contributed by atoms with van der Waals surface area (Å²) in [4.78, 5) is 33.3. The van der Waals surface area contributed by atoms with Gasteiger partial charge in [-0.2, -0.15) is 4.98 Å². The van der Waals surface area contributed by atoms with Crippen LogP contribution in [0.25, 0.3) is 0 Å². The Bertz CT molecular complexity index is 847. The van der Waals surface area contributed by atoms with Crippen LogP contribution in [0.2, 0.25) is 0 Å². The lowest BCUT2D eigenvalue weighted by Gasteiger charge is -2.41. The standard InChI is InChI=1S/C21H26N4O4/c1-15-22-20(29-23-15)17-13-25(14-17)21(27)16-6-5-10-24(12-16)19(26)9-11-28-18-7-3-2-4-8-18/h2-4,7-8,16-17H,5-6,9-14H2,1H3. The summed E-state index contributed by atoms with van der Waals surface area (Å²) in [5.41, 5.74) is 0. The minimum absolute atomic E-state index is 0.0428. The third-order valence-electron chi connectivity index (χ3n) is 5.54. The molecule has 1 aromatic heterocycles. The van der Waals surface area contributed by atoms with Crippen LogP contribution in [-0.4, -0.2) is 64.5 Å². The summed E-state index contributed by atoms with van der Waals surface area (Å²) in [6, 6.07) is 9.47. The van der Waals surface area contributed by atoms with Gasteiger partial charge in [-0.25, -0.2) is 0 Å². The van der Waals surface area contributed by atoms with Crippen LogP contribution in [0.1, 0.15) is 36.9 Å². The molecule has 154 valence electrons. The summed E-state index contributed by atoms with van der Waals surface area (Å²) < 4.78 is 10.8. The van der Waals surface area contributed by atoms with Crippen LogP contribution in [0.3, 0.4) is 0 Å². The van der Waals surface area contributed by atoms with Crippen LogP contribution in [0.5, 0.6) is 5.75 Å². The maximum atomic E-state index is 12.8. The van der Waals surface area contributed by atoms with E-state index in [1.54, 1.807) is 11.8 Å². The van der Waals surface area contributed by atoms with Gasteiger partial charge in [0.1, 0.15) is 5.75 Å². The lowest BCUT2D eigenvalue weighted by molar-refractivity contribution is -0.144. The Morgan fingerprint density at radius 3 is 2.69 bits per heavy atom. The van der Waals surface area contributed by atoms with Gasteiger partial charge in [0.25, 0.3) is 0 Å². The number of amides is 2. The molecule has 0 bridgehead atoms. The second-order valence-corrected chi connectivity index (χ2v) is 7.71. The van der Waals surface area contributed by atoms with E-state index in [1.807, 2.05) is 35.2 Å². The summed E-state index contributed by atoms with van der Waals surface area (Å²) >= 11 is 0. The van der Waals surface area contributed by atoms with E-state index >= 15 is 0 Å². The smallest absolute Gasteiger partial charge is 0.233 e. The molecule has 3 heterocycles. The number of aromatic nitrogens is 2. The number of hydrogen-bond donors (Lipinski definition) is 0. The van der Waals surface area contributed by atoms with Gasteiger partial charge in [0.05, 0.1) is 24.9 Å².